The number of hydrogen-bond acceptors (Lipinski definition) is 1. The summed E-state index contributed by atoms with van der Waals surface area (Å²) in [6.45, 7) is 2.27. The lowest BCUT2D eigenvalue weighted by molar-refractivity contribution is 0.564. The van der Waals surface area contributed by atoms with E-state index in [0.717, 1.165) is 41.2 Å². The highest BCUT2D eigenvalue weighted by Crippen LogP contribution is 2.33. The second-order valence-electron chi connectivity index (χ2n) is 7.98. The van der Waals surface area contributed by atoms with Crippen LogP contribution in [0.4, 0.5) is 0 Å². The van der Waals surface area contributed by atoms with Crippen molar-refractivity contribution in [1.29, 1.82) is 0 Å². The highest BCUT2D eigenvalue weighted by Gasteiger charge is 2.16. The van der Waals surface area contributed by atoms with Crippen LogP contribution in [0, 0.1) is 0 Å². The van der Waals surface area contributed by atoms with E-state index in [1.54, 1.807) is 6.07 Å². The van der Waals surface area contributed by atoms with Crippen LogP contribution in [-0.2, 0) is 6.42 Å². The molecule has 2 aromatic carbocycles. The normalized spacial score (nSPS) is 11.2. The molecule has 160 valence electrons. The van der Waals surface area contributed by atoms with Crippen molar-refractivity contribution in [1.82, 2.24) is 9.97 Å². The van der Waals surface area contributed by atoms with Gasteiger partial charge in [-0.1, -0.05) is 112 Å². The fourth-order valence-corrected chi connectivity index (χ4v) is 4.34. The smallest absolute Gasteiger partial charge is 0.138 e. The van der Waals surface area contributed by atoms with E-state index in [1.807, 2.05) is 30.3 Å². The maximum atomic E-state index is 6.51. The lowest BCUT2D eigenvalue weighted by atomic mass is 10.0. The van der Waals surface area contributed by atoms with Gasteiger partial charge in [-0.05, 0) is 31.0 Å². The molecule has 3 rings (SSSR count). The molecule has 1 N–H and O–H groups in total. The summed E-state index contributed by atoms with van der Waals surface area (Å²) in [7, 11) is 0. The summed E-state index contributed by atoms with van der Waals surface area (Å²) in [5.41, 5.74) is 4.11. The Hall–Kier alpha value is -1.77. The van der Waals surface area contributed by atoms with Gasteiger partial charge in [0.05, 0.1) is 10.7 Å². The first kappa shape index (κ1) is 22.9. The number of benzene rings is 2. The van der Waals surface area contributed by atoms with Crippen molar-refractivity contribution in [2.45, 2.75) is 71.1 Å². The zero-order valence-electron chi connectivity index (χ0n) is 17.9. The molecule has 30 heavy (non-hydrogen) atoms. The largest absolute Gasteiger partial charge is 0.341 e. The Balaban J connectivity index is 1.66. The molecular formula is C26H32Cl2N2. The predicted octanol–water partition coefficient (Wildman–Crippen LogP) is 9.12. The van der Waals surface area contributed by atoms with Crippen LogP contribution >= 0.6 is 23.2 Å². The van der Waals surface area contributed by atoms with E-state index in [2.05, 4.69) is 24.0 Å². The minimum atomic E-state index is 0.641. The quantitative estimate of drug-likeness (QED) is 0.278. The van der Waals surface area contributed by atoms with Crippen LogP contribution in [-0.4, -0.2) is 9.97 Å². The second-order valence-corrected chi connectivity index (χ2v) is 8.82. The van der Waals surface area contributed by atoms with Gasteiger partial charge in [-0.15, -0.1) is 0 Å². The predicted molar refractivity (Wildman–Crippen MR) is 130 cm³/mol. The van der Waals surface area contributed by atoms with Gasteiger partial charge in [-0.3, -0.25) is 0 Å². The maximum Gasteiger partial charge on any atom is 0.138 e. The van der Waals surface area contributed by atoms with Crippen molar-refractivity contribution in [3.8, 4) is 22.6 Å². The molecule has 0 atom stereocenters. The molecule has 1 heterocycles. The minimum absolute atomic E-state index is 0.641. The summed E-state index contributed by atoms with van der Waals surface area (Å²) < 4.78 is 0. The van der Waals surface area contributed by atoms with Crippen LogP contribution in [0.15, 0.2) is 48.5 Å². The average Bonchev–Trinajstić information content (AvgIpc) is 3.17. The van der Waals surface area contributed by atoms with E-state index in [9.17, 15) is 0 Å². The van der Waals surface area contributed by atoms with E-state index < -0.39 is 0 Å². The van der Waals surface area contributed by atoms with Crippen molar-refractivity contribution in [3.63, 3.8) is 0 Å². The first-order chi connectivity index (χ1) is 14.7. The van der Waals surface area contributed by atoms with E-state index in [4.69, 9.17) is 28.2 Å². The zero-order chi connectivity index (χ0) is 21.2. The zero-order valence-corrected chi connectivity index (χ0v) is 19.4. The Bertz CT molecular complexity index is 903. The van der Waals surface area contributed by atoms with E-state index in [0.29, 0.717) is 10.0 Å². The van der Waals surface area contributed by atoms with Crippen molar-refractivity contribution in [2.75, 3.05) is 0 Å². The summed E-state index contributed by atoms with van der Waals surface area (Å²) in [5, 5.41) is 1.28. The van der Waals surface area contributed by atoms with Gasteiger partial charge < -0.3 is 4.98 Å². The van der Waals surface area contributed by atoms with Gasteiger partial charge in [-0.2, -0.15) is 0 Å². The molecule has 0 saturated carbocycles. The standard InChI is InChI=1S/C26H32Cl2N2/c1-2-3-4-5-6-7-8-9-13-16-24-25(22-18-17-21(27)19-23(22)28)30-26(29-24)20-14-11-10-12-15-20/h10-12,14-15,17-19H,2-9,13,16H2,1H3,(H,29,30). The van der Waals surface area contributed by atoms with Crippen LogP contribution in [0.3, 0.4) is 0 Å². The molecule has 0 unspecified atom stereocenters. The molecule has 0 aliphatic rings. The highest BCUT2D eigenvalue weighted by molar-refractivity contribution is 6.36. The van der Waals surface area contributed by atoms with Gasteiger partial charge in [-0.25, -0.2) is 4.98 Å². The molecule has 2 nitrogen and oxygen atoms in total. The molecule has 0 saturated heterocycles. The van der Waals surface area contributed by atoms with Gasteiger partial charge in [0.25, 0.3) is 0 Å². The number of aryl methyl sites for hydroxylation is 1. The van der Waals surface area contributed by atoms with Crippen LogP contribution in [0.2, 0.25) is 10.0 Å². The highest BCUT2D eigenvalue weighted by atomic mass is 35.5. The number of hydrogen-bond donors (Lipinski definition) is 1. The van der Waals surface area contributed by atoms with E-state index >= 15 is 0 Å². The monoisotopic (exact) mass is 442 g/mol. The summed E-state index contributed by atoms with van der Waals surface area (Å²) in [5.74, 6) is 0.891. The molecule has 0 aliphatic heterocycles. The van der Waals surface area contributed by atoms with Crippen LogP contribution in [0.1, 0.15) is 70.4 Å². The van der Waals surface area contributed by atoms with Crippen molar-refractivity contribution < 1.29 is 0 Å². The number of nitrogens with zero attached hydrogens (tertiary/aromatic N) is 1. The first-order valence-corrected chi connectivity index (χ1v) is 12.0. The number of aromatic nitrogens is 2. The van der Waals surface area contributed by atoms with Crippen molar-refractivity contribution >= 4 is 23.2 Å². The fraction of sp³-hybridized carbons (Fsp3) is 0.423. The second kappa shape index (κ2) is 12.2. The molecular weight excluding hydrogens is 411 g/mol. The third kappa shape index (κ3) is 6.62. The van der Waals surface area contributed by atoms with Gasteiger partial charge in [0, 0.05) is 21.8 Å². The van der Waals surface area contributed by atoms with Crippen molar-refractivity contribution in [2.24, 2.45) is 0 Å². The van der Waals surface area contributed by atoms with Gasteiger partial charge >= 0.3 is 0 Å². The molecule has 3 aromatic rings. The van der Waals surface area contributed by atoms with E-state index in [-0.39, 0.29) is 0 Å². The molecule has 0 fully saturated rings. The molecule has 4 heteroatoms. The Morgan fingerprint density at radius 1 is 0.800 bits per heavy atom. The number of rotatable bonds is 12. The summed E-state index contributed by atoms with van der Waals surface area (Å²) >= 11 is 12.6. The SMILES string of the molecule is CCCCCCCCCCCc1[nH]c(-c2ccccc2)nc1-c1ccc(Cl)cc1Cl. The number of aromatic amines is 1. The first-order valence-electron chi connectivity index (χ1n) is 11.3. The Kier molecular flexibility index (Phi) is 9.29. The van der Waals surface area contributed by atoms with Gasteiger partial charge in [0.2, 0.25) is 0 Å². The topological polar surface area (TPSA) is 28.7 Å². The third-order valence-corrected chi connectivity index (χ3v) is 6.09. The number of imidazole rings is 1. The summed E-state index contributed by atoms with van der Waals surface area (Å²) in [6.07, 6.45) is 12.9. The Morgan fingerprint density at radius 3 is 2.13 bits per heavy atom. The minimum Gasteiger partial charge on any atom is -0.341 e. The maximum absolute atomic E-state index is 6.51. The molecule has 1 aromatic heterocycles. The fourth-order valence-electron chi connectivity index (χ4n) is 3.84. The number of nitrogens with one attached hydrogen (secondary N) is 1. The number of halogens is 2. The van der Waals surface area contributed by atoms with Gasteiger partial charge in [0.15, 0.2) is 0 Å². The van der Waals surface area contributed by atoms with E-state index in [1.165, 1.54) is 51.4 Å². The van der Waals surface area contributed by atoms with Crippen molar-refractivity contribution in [3.05, 3.63) is 64.3 Å². The number of H-pyrrole nitrogens is 1. The molecule has 0 spiro atoms. The van der Waals surface area contributed by atoms with Gasteiger partial charge in [0.1, 0.15) is 5.82 Å². The Labute approximate surface area is 191 Å². The van der Waals surface area contributed by atoms with Crippen LogP contribution in [0.5, 0.6) is 0 Å². The van der Waals surface area contributed by atoms with Crippen LogP contribution in [0.25, 0.3) is 22.6 Å². The Morgan fingerprint density at radius 2 is 1.47 bits per heavy atom. The average molecular weight is 443 g/mol. The summed E-state index contributed by atoms with van der Waals surface area (Å²) in [6, 6.07) is 15.9. The molecule has 0 amide bonds. The molecule has 0 radical (unpaired) electrons. The number of unbranched alkanes of at least 4 members (excludes halogenated alkanes) is 8. The summed E-state index contributed by atoms with van der Waals surface area (Å²) in [4.78, 5) is 8.48. The lowest BCUT2D eigenvalue weighted by Gasteiger charge is -2.06. The third-order valence-electron chi connectivity index (χ3n) is 5.54. The molecule has 0 aliphatic carbocycles. The lowest BCUT2D eigenvalue weighted by Crippen LogP contribution is -1.91. The molecule has 0 bridgehead atoms. The van der Waals surface area contributed by atoms with Crippen LogP contribution < -0.4 is 0 Å².